The van der Waals surface area contributed by atoms with Crippen molar-refractivity contribution in [1.29, 1.82) is 0 Å². The summed E-state index contributed by atoms with van der Waals surface area (Å²) in [6.07, 6.45) is -0.589. The highest BCUT2D eigenvalue weighted by atomic mass is 19.1. The van der Waals surface area contributed by atoms with Gasteiger partial charge < -0.3 is 5.32 Å². The highest BCUT2D eigenvalue weighted by Gasteiger charge is 2.45. The number of piperidine rings is 1. The third-order valence-electron chi connectivity index (χ3n) is 3.11. The van der Waals surface area contributed by atoms with Crippen molar-refractivity contribution in [3.63, 3.8) is 0 Å². The van der Waals surface area contributed by atoms with Gasteiger partial charge in [0.25, 0.3) is 0 Å². The van der Waals surface area contributed by atoms with Gasteiger partial charge in [-0.3, -0.25) is 4.90 Å². The van der Waals surface area contributed by atoms with E-state index in [1.54, 1.807) is 0 Å². The Labute approximate surface area is 73.1 Å². The van der Waals surface area contributed by atoms with Crippen LogP contribution in [-0.2, 0) is 0 Å². The smallest absolute Gasteiger partial charge is 0.122 e. The summed E-state index contributed by atoms with van der Waals surface area (Å²) in [5, 5.41) is 3.28. The first-order chi connectivity index (χ1) is 5.70. The molecule has 2 rings (SSSR count). The van der Waals surface area contributed by atoms with E-state index in [1.165, 1.54) is 0 Å². The lowest BCUT2D eigenvalue weighted by molar-refractivity contribution is 0.142. The molecular formula is C9H17FN2. The first kappa shape index (κ1) is 8.45. The Hall–Kier alpha value is -0.150. The average molecular weight is 172 g/mol. The molecule has 2 aliphatic heterocycles. The first-order valence-electron chi connectivity index (χ1n) is 4.80. The van der Waals surface area contributed by atoms with Gasteiger partial charge in [-0.05, 0) is 13.8 Å². The number of nitrogens with one attached hydrogen (secondary N) is 1. The molecule has 2 heterocycles. The molecule has 0 radical (unpaired) electrons. The zero-order chi connectivity index (χ0) is 8.72. The fourth-order valence-corrected chi connectivity index (χ4v) is 2.42. The van der Waals surface area contributed by atoms with Gasteiger partial charge in [-0.25, -0.2) is 4.39 Å². The molecule has 0 aliphatic carbocycles. The van der Waals surface area contributed by atoms with Gasteiger partial charge in [0.05, 0.1) is 6.04 Å². The summed E-state index contributed by atoms with van der Waals surface area (Å²) in [6.45, 7) is 6.92. The molecule has 3 atom stereocenters. The van der Waals surface area contributed by atoms with Crippen molar-refractivity contribution in [3.8, 4) is 0 Å². The number of likely N-dealkylation sites (tertiary alicyclic amines) is 1. The lowest BCUT2D eigenvalue weighted by Gasteiger charge is -2.29. The van der Waals surface area contributed by atoms with Crippen LogP contribution in [0.5, 0.6) is 0 Å². The summed E-state index contributed by atoms with van der Waals surface area (Å²) in [6, 6.07) is 0.627. The van der Waals surface area contributed by atoms with Crippen molar-refractivity contribution in [2.75, 3.05) is 19.6 Å². The summed E-state index contributed by atoms with van der Waals surface area (Å²) < 4.78 is 13.6. The number of hydrogen-bond acceptors (Lipinski definition) is 2. The second-order valence-electron chi connectivity index (χ2n) is 4.22. The van der Waals surface area contributed by atoms with Crippen LogP contribution in [0.4, 0.5) is 4.39 Å². The summed E-state index contributed by atoms with van der Waals surface area (Å²) >= 11 is 0. The molecule has 2 bridgehead atoms. The van der Waals surface area contributed by atoms with Gasteiger partial charge in [-0.1, -0.05) is 0 Å². The van der Waals surface area contributed by atoms with Crippen molar-refractivity contribution < 1.29 is 4.39 Å². The number of nitrogens with zero attached hydrogens (tertiary/aromatic N) is 1. The first-order valence-corrected chi connectivity index (χ1v) is 4.80. The van der Waals surface area contributed by atoms with E-state index < -0.39 is 6.17 Å². The fraction of sp³-hybridized carbons (Fsp3) is 1.00. The molecule has 3 unspecified atom stereocenters. The highest BCUT2D eigenvalue weighted by molar-refractivity contribution is 5.00. The van der Waals surface area contributed by atoms with Crippen LogP contribution in [0, 0.1) is 5.92 Å². The van der Waals surface area contributed by atoms with Crippen molar-refractivity contribution in [2.45, 2.75) is 32.1 Å². The molecule has 2 nitrogen and oxygen atoms in total. The van der Waals surface area contributed by atoms with Crippen LogP contribution in [0.25, 0.3) is 0 Å². The van der Waals surface area contributed by atoms with Crippen LogP contribution in [-0.4, -0.2) is 42.8 Å². The van der Waals surface area contributed by atoms with Crippen molar-refractivity contribution in [2.24, 2.45) is 5.92 Å². The topological polar surface area (TPSA) is 15.3 Å². The number of fused-ring (bicyclic) bond motifs is 2. The minimum absolute atomic E-state index is 0.142. The minimum Gasteiger partial charge on any atom is -0.315 e. The van der Waals surface area contributed by atoms with Crippen molar-refractivity contribution in [1.82, 2.24) is 10.2 Å². The number of halogens is 1. The highest BCUT2D eigenvalue weighted by Crippen LogP contribution is 2.30. The molecule has 2 aliphatic rings. The van der Waals surface area contributed by atoms with Gasteiger partial charge in [0, 0.05) is 31.6 Å². The van der Waals surface area contributed by atoms with Gasteiger partial charge in [0.15, 0.2) is 0 Å². The molecule has 3 heteroatoms. The van der Waals surface area contributed by atoms with Crippen LogP contribution < -0.4 is 5.32 Å². The molecule has 70 valence electrons. The largest absolute Gasteiger partial charge is 0.315 e. The maximum absolute atomic E-state index is 13.6. The molecule has 0 aromatic heterocycles. The summed E-state index contributed by atoms with van der Waals surface area (Å²) in [7, 11) is 0. The quantitative estimate of drug-likeness (QED) is 0.624. The Morgan fingerprint density at radius 1 is 1.42 bits per heavy atom. The van der Waals surface area contributed by atoms with Crippen molar-refractivity contribution in [3.05, 3.63) is 0 Å². The molecule has 0 saturated carbocycles. The molecule has 1 N–H and O–H groups in total. The van der Waals surface area contributed by atoms with E-state index in [0.717, 1.165) is 19.6 Å². The van der Waals surface area contributed by atoms with Crippen LogP contribution in [0.15, 0.2) is 0 Å². The van der Waals surface area contributed by atoms with E-state index >= 15 is 0 Å². The van der Waals surface area contributed by atoms with Gasteiger partial charge in [0.2, 0.25) is 0 Å². The summed E-state index contributed by atoms with van der Waals surface area (Å²) in [4.78, 5) is 2.29. The Balaban J connectivity index is 2.11. The lowest BCUT2D eigenvalue weighted by Crippen LogP contribution is -2.48. The van der Waals surface area contributed by atoms with E-state index in [0.29, 0.717) is 6.04 Å². The maximum Gasteiger partial charge on any atom is 0.122 e. The molecule has 12 heavy (non-hydrogen) atoms. The molecule has 2 saturated heterocycles. The predicted octanol–water partition coefficient (Wildman–Crippen LogP) is 0.636. The summed E-state index contributed by atoms with van der Waals surface area (Å²) in [5.74, 6) is 0.242. The standard InChI is InChI=1S/C9H17FN2/c1-6(2)12-5-7-3-11-4-8(12)9(7)10/h6-9,11H,3-5H2,1-2H3. The molecule has 0 amide bonds. The number of alkyl halides is 1. The van der Waals surface area contributed by atoms with Crippen LogP contribution >= 0.6 is 0 Å². The van der Waals surface area contributed by atoms with Gasteiger partial charge in [-0.15, -0.1) is 0 Å². The zero-order valence-corrected chi connectivity index (χ0v) is 7.76. The van der Waals surface area contributed by atoms with Gasteiger partial charge in [-0.2, -0.15) is 0 Å². The van der Waals surface area contributed by atoms with Crippen LogP contribution in [0.3, 0.4) is 0 Å². The third kappa shape index (κ3) is 1.15. The van der Waals surface area contributed by atoms with E-state index in [1.807, 2.05) is 0 Å². The normalized spacial score (nSPS) is 42.5. The molecule has 2 fully saturated rings. The molecule has 0 aromatic carbocycles. The van der Waals surface area contributed by atoms with E-state index in [4.69, 9.17) is 0 Å². The van der Waals surface area contributed by atoms with Crippen LogP contribution in [0.1, 0.15) is 13.8 Å². The molecular weight excluding hydrogens is 155 g/mol. The van der Waals surface area contributed by atoms with Crippen molar-refractivity contribution >= 4 is 0 Å². The Morgan fingerprint density at radius 3 is 2.75 bits per heavy atom. The maximum atomic E-state index is 13.6. The second-order valence-corrected chi connectivity index (χ2v) is 4.22. The summed E-state index contributed by atoms with van der Waals surface area (Å²) in [5.41, 5.74) is 0. The van der Waals surface area contributed by atoms with E-state index in [-0.39, 0.29) is 12.0 Å². The second kappa shape index (κ2) is 2.96. The van der Waals surface area contributed by atoms with E-state index in [2.05, 4.69) is 24.1 Å². The van der Waals surface area contributed by atoms with Gasteiger partial charge in [0.1, 0.15) is 6.17 Å². The molecule has 0 aromatic rings. The predicted molar refractivity (Wildman–Crippen MR) is 46.9 cm³/mol. The fourth-order valence-electron chi connectivity index (χ4n) is 2.42. The number of rotatable bonds is 1. The monoisotopic (exact) mass is 172 g/mol. The van der Waals surface area contributed by atoms with Gasteiger partial charge >= 0.3 is 0 Å². The Bertz CT molecular complexity index is 172. The third-order valence-corrected chi connectivity index (χ3v) is 3.11. The van der Waals surface area contributed by atoms with E-state index in [9.17, 15) is 4.39 Å². The minimum atomic E-state index is -0.589. The lowest BCUT2D eigenvalue weighted by atomic mass is 9.99. The number of hydrogen-bond donors (Lipinski definition) is 1. The molecule has 0 spiro atoms. The zero-order valence-electron chi connectivity index (χ0n) is 7.76. The van der Waals surface area contributed by atoms with Crippen LogP contribution in [0.2, 0.25) is 0 Å². The SMILES string of the molecule is CC(C)N1CC2CNCC1C2F. The Kier molecular flexibility index (Phi) is 2.09. The Morgan fingerprint density at radius 2 is 2.17 bits per heavy atom. The average Bonchev–Trinajstić information content (AvgIpc) is 2.27.